The molecule has 0 spiro atoms. The maximum Gasteiger partial charge on any atom is 0.159 e. The second kappa shape index (κ2) is 5.53. The Morgan fingerprint density at radius 3 is 2.40 bits per heavy atom. The summed E-state index contributed by atoms with van der Waals surface area (Å²) in [5.41, 5.74) is 2.83. The number of rotatable bonds is 3. The van der Waals surface area contributed by atoms with E-state index < -0.39 is 0 Å². The van der Waals surface area contributed by atoms with Gasteiger partial charge in [-0.2, -0.15) is 0 Å². The van der Waals surface area contributed by atoms with E-state index in [-0.39, 0.29) is 0 Å². The van der Waals surface area contributed by atoms with Crippen LogP contribution in [0.15, 0.2) is 66.9 Å². The van der Waals surface area contributed by atoms with Crippen molar-refractivity contribution in [3.63, 3.8) is 0 Å². The Balaban J connectivity index is 2.08. The van der Waals surface area contributed by atoms with Gasteiger partial charge < -0.3 is 4.74 Å². The zero-order valence-electron chi connectivity index (χ0n) is 11.2. The molecule has 3 aromatic rings. The second-order valence-corrected chi connectivity index (χ2v) is 4.33. The largest absolute Gasteiger partial charge is 0.496 e. The van der Waals surface area contributed by atoms with Crippen molar-refractivity contribution >= 4 is 0 Å². The molecule has 0 aliphatic rings. The fourth-order valence-corrected chi connectivity index (χ4v) is 2.09. The topological polar surface area (TPSA) is 35.0 Å². The molecule has 1 aromatic heterocycles. The quantitative estimate of drug-likeness (QED) is 0.719. The lowest BCUT2D eigenvalue weighted by Crippen LogP contribution is -1.93. The lowest BCUT2D eigenvalue weighted by Gasteiger charge is -2.08. The molecule has 3 rings (SSSR count). The van der Waals surface area contributed by atoms with Gasteiger partial charge in [0.2, 0.25) is 0 Å². The first-order chi connectivity index (χ1) is 9.88. The highest BCUT2D eigenvalue weighted by molar-refractivity contribution is 5.68. The Labute approximate surface area is 117 Å². The number of aromatic nitrogens is 2. The van der Waals surface area contributed by atoms with Crippen LogP contribution < -0.4 is 4.74 Å². The molecule has 0 unspecified atom stereocenters. The Morgan fingerprint density at radius 1 is 0.850 bits per heavy atom. The number of hydrogen-bond donors (Lipinski definition) is 0. The van der Waals surface area contributed by atoms with Crippen molar-refractivity contribution in [2.24, 2.45) is 0 Å². The van der Waals surface area contributed by atoms with Crippen molar-refractivity contribution in [2.45, 2.75) is 0 Å². The smallest absolute Gasteiger partial charge is 0.159 e. The minimum Gasteiger partial charge on any atom is -0.496 e. The van der Waals surface area contributed by atoms with Crippen LogP contribution in [0.5, 0.6) is 5.75 Å². The molecule has 3 nitrogen and oxygen atoms in total. The third-order valence-electron chi connectivity index (χ3n) is 3.07. The van der Waals surface area contributed by atoms with Crippen molar-refractivity contribution in [3.8, 4) is 28.4 Å². The van der Waals surface area contributed by atoms with E-state index in [0.717, 1.165) is 22.6 Å². The Morgan fingerprint density at radius 2 is 1.60 bits per heavy atom. The molecule has 0 bridgehead atoms. The van der Waals surface area contributed by atoms with Gasteiger partial charge in [-0.15, -0.1) is 0 Å². The summed E-state index contributed by atoms with van der Waals surface area (Å²) in [6, 6.07) is 19.7. The molecule has 0 atom stereocenters. The first-order valence-corrected chi connectivity index (χ1v) is 6.40. The number of para-hydroxylation sites is 1. The highest BCUT2D eigenvalue weighted by Gasteiger charge is 2.08. The SMILES string of the molecule is COc1ccccc1-c1ccnc(-c2ccccc2)n1. The van der Waals surface area contributed by atoms with Crippen LogP contribution in [0.2, 0.25) is 0 Å². The van der Waals surface area contributed by atoms with E-state index in [9.17, 15) is 0 Å². The van der Waals surface area contributed by atoms with Gasteiger partial charge >= 0.3 is 0 Å². The van der Waals surface area contributed by atoms with Crippen molar-refractivity contribution in [1.29, 1.82) is 0 Å². The van der Waals surface area contributed by atoms with Crippen LogP contribution in [-0.4, -0.2) is 17.1 Å². The van der Waals surface area contributed by atoms with Gasteiger partial charge in [-0.1, -0.05) is 42.5 Å². The maximum atomic E-state index is 5.38. The fraction of sp³-hybridized carbons (Fsp3) is 0.0588. The van der Waals surface area contributed by atoms with Crippen LogP contribution in [0.1, 0.15) is 0 Å². The minimum atomic E-state index is 0.717. The predicted octanol–water partition coefficient (Wildman–Crippen LogP) is 3.82. The molecule has 0 aliphatic heterocycles. The van der Waals surface area contributed by atoms with E-state index in [1.807, 2.05) is 60.7 Å². The highest BCUT2D eigenvalue weighted by Crippen LogP contribution is 2.28. The molecule has 0 fully saturated rings. The van der Waals surface area contributed by atoms with E-state index in [2.05, 4.69) is 9.97 Å². The van der Waals surface area contributed by atoms with Gasteiger partial charge in [0.1, 0.15) is 5.75 Å². The zero-order valence-corrected chi connectivity index (χ0v) is 11.2. The Hall–Kier alpha value is -2.68. The molecule has 98 valence electrons. The van der Waals surface area contributed by atoms with Gasteiger partial charge in [-0.3, -0.25) is 0 Å². The summed E-state index contributed by atoms with van der Waals surface area (Å²) in [6.45, 7) is 0. The molecule has 0 aliphatic carbocycles. The first-order valence-electron chi connectivity index (χ1n) is 6.40. The molecule has 2 aromatic carbocycles. The highest BCUT2D eigenvalue weighted by atomic mass is 16.5. The summed E-state index contributed by atoms with van der Waals surface area (Å²) >= 11 is 0. The summed E-state index contributed by atoms with van der Waals surface area (Å²) in [7, 11) is 1.66. The predicted molar refractivity (Wildman–Crippen MR) is 79.5 cm³/mol. The van der Waals surface area contributed by atoms with Crippen LogP contribution in [0.4, 0.5) is 0 Å². The van der Waals surface area contributed by atoms with E-state index in [1.165, 1.54) is 0 Å². The first kappa shape index (κ1) is 12.4. The van der Waals surface area contributed by atoms with Gasteiger partial charge in [0.05, 0.1) is 12.8 Å². The number of ether oxygens (including phenoxy) is 1. The molecular formula is C17H14N2O. The average Bonchev–Trinajstić information content (AvgIpc) is 2.56. The van der Waals surface area contributed by atoms with Crippen LogP contribution in [0.25, 0.3) is 22.6 Å². The molecule has 0 N–H and O–H groups in total. The standard InChI is InChI=1S/C17H14N2O/c1-20-16-10-6-5-9-14(16)15-11-12-18-17(19-15)13-7-3-2-4-8-13/h2-12H,1H3. The average molecular weight is 262 g/mol. The third-order valence-corrected chi connectivity index (χ3v) is 3.07. The van der Waals surface area contributed by atoms with Crippen molar-refractivity contribution in [2.75, 3.05) is 7.11 Å². The van der Waals surface area contributed by atoms with Crippen molar-refractivity contribution < 1.29 is 4.74 Å². The van der Waals surface area contributed by atoms with Crippen LogP contribution in [0.3, 0.4) is 0 Å². The summed E-state index contributed by atoms with van der Waals surface area (Å²) in [5.74, 6) is 1.53. The lowest BCUT2D eigenvalue weighted by molar-refractivity contribution is 0.416. The van der Waals surface area contributed by atoms with Gasteiger partial charge in [0.25, 0.3) is 0 Å². The lowest BCUT2D eigenvalue weighted by atomic mass is 10.1. The number of benzene rings is 2. The van der Waals surface area contributed by atoms with E-state index in [4.69, 9.17) is 4.74 Å². The van der Waals surface area contributed by atoms with Crippen molar-refractivity contribution in [1.82, 2.24) is 9.97 Å². The van der Waals surface area contributed by atoms with E-state index in [1.54, 1.807) is 13.3 Å². The Bertz CT molecular complexity index is 711. The minimum absolute atomic E-state index is 0.717. The zero-order chi connectivity index (χ0) is 13.8. The van der Waals surface area contributed by atoms with Gasteiger partial charge in [-0.25, -0.2) is 9.97 Å². The van der Waals surface area contributed by atoms with Gasteiger partial charge in [0.15, 0.2) is 5.82 Å². The molecular weight excluding hydrogens is 248 g/mol. The summed E-state index contributed by atoms with van der Waals surface area (Å²) in [4.78, 5) is 8.97. The molecule has 0 saturated carbocycles. The number of methoxy groups -OCH3 is 1. The molecule has 3 heteroatoms. The number of hydrogen-bond acceptors (Lipinski definition) is 3. The van der Waals surface area contributed by atoms with Crippen LogP contribution in [-0.2, 0) is 0 Å². The maximum absolute atomic E-state index is 5.38. The summed E-state index contributed by atoms with van der Waals surface area (Å²) in [5, 5.41) is 0. The molecule has 0 radical (unpaired) electrons. The molecule has 1 heterocycles. The van der Waals surface area contributed by atoms with Crippen molar-refractivity contribution in [3.05, 3.63) is 66.9 Å². The van der Waals surface area contributed by atoms with Gasteiger partial charge in [-0.05, 0) is 18.2 Å². The van der Waals surface area contributed by atoms with Gasteiger partial charge in [0, 0.05) is 17.3 Å². The van der Waals surface area contributed by atoms with Crippen LogP contribution in [0, 0.1) is 0 Å². The fourth-order valence-electron chi connectivity index (χ4n) is 2.09. The molecule has 0 amide bonds. The summed E-state index contributed by atoms with van der Waals surface area (Å²) in [6.07, 6.45) is 1.77. The normalized spacial score (nSPS) is 10.2. The number of nitrogens with zero attached hydrogens (tertiary/aromatic N) is 2. The van der Waals surface area contributed by atoms with Crippen LogP contribution >= 0.6 is 0 Å². The monoisotopic (exact) mass is 262 g/mol. The van der Waals surface area contributed by atoms with E-state index in [0.29, 0.717) is 5.82 Å². The third kappa shape index (κ3) is 2.38. The molecule has 20 heavy (non-hydrogen) atoms. The molecule has 0 saturated heterocycles. The van der Waals surface area contributed by atoms with E-state index >= 15 is 0 Å². The summed E-state index contributed by atoms with van der Waals surface area (Å²) < 4.78 is 5.38. The second-order valence-electron chi connectivity index (χ2n) is 4.33. The Kier molecular flexibility index (Phi) is 3.42.